The molecular weight excluding hydrogens is 448 g/mol. The van der Waals surface area contributed by atoms with Gasteiger partial charge in [0.25, 0.3) is 17.6 Å². The molecule has 0 radical (unpaired) electrons. The van der Waals surface area contributed by atoms with Crippen LogP contribution >= 0.6 is 0 Å². The number of amides is 2. The number of Topliss-reactive ketones (excluding diaryl/α,β-unsaturated/α-hetero) is 1. The summed E-state index contributed by atoms with van der Waals surface area (Å²) in [4.78, 5) is 43.8. The van der Waals surface area contributed by atoms with Gasteiger partial charge in [-0.1, -0.05) is 18.2 Å². The lowest BCUT2D eigenvalue weighted by molar-refractivity contribution is -0.145. The lowest BCUT2D eigenvalue weighted by atomic mass is 9.81. The van der Waals surface area contributed by atoms with Crippen LogP contribution in [0.2, 0.25) is 0 Å². The molecule has 8 heteroatoms. The number of benzene rings is 2. The Morgan fingerprint density at radius 1 is 1.17 bits per heavy atom. The van der Waals surface area contributed by atoms with Gasteiger partial charge in [-0.3, -0.25) is 14.4 Å². The number of hydrogen-bond acceptors (Lipinski definition) is 6. The number of anilines is 1. The number of likely N-dealkylation sites (tertiary alicyclic amines) is 1. The maximum absolute atomic E-state index is 14.0. The first-order valence-corrected chi connectivity index (χ1v) is 11.9. The Balaban J connectivity index is 1.59. The SMILES string of the molecule is CC1Cc2cc(/C(O)=C3/C(=O)C(=O)N(CC4CCCO4)C34C(=O)N(C)c3ccccc34)ccc2O1. The summed E-state index contributed by atoms with van der Waals surface area (Å²) in [5.74, 6) is -1.76. The Labute approximate surface area is 202 Å². The van der Waals surface area contributed by atoms with Crippen LogP contribution < -0.4 is 9.64 Å². The molecule has 4 aliphatic rings. The van der Waals surface area contributed by atoms with E-state index in [0.717, 1.165) is 24.2 Å². The predicted molar refractivity (Wildman–Crippen MR) is 127 cm³/mol. The maximum atomic E-state index is 14.0. The average Bonchev–Trinajstić information content (AvgIpc) is 3.59. The van der Waals surface area contributed by atoms with Crippen molar-refractivity contribution in [1.29, 1.82) is 0 Å². The van der Waals surface area contributed by atoms with Gasteiger partial charge in [-0.2, -0.15) is 0 Å². The van der Waals surface area contributed by atoms with Crippen LogP contribution in [0.1, 0.15) is 36.5 Å². The van der Waals surface area contributed by atoms with E-state index in [1.165, 1.54) is 9.80 Å². The van der Waals surface area contributed by atoms with Crippen molar-refractivity contribution >= 4 is 29.0 Å². The van der Waals surface area contributed by atoms with Gasteiger partial charge in [-0.25, -0.2) is 0 Å². The molecule has 2 aromatic carbocycles. The molecule has 3 unspecified atom stereocenters. The van der Waals surface area contributed by atoms with Gasteiger partial charge in [0.05, 0.1) is 11.7 Å². The highest BCUT2D eigenvalue weighted by atomic mass is 16.5. The molecule has 6 rings (SSSR count). The summed E-state index contributed by atoms with van der Waals surface area (Å²) in [6, 6.07) is 12.3. The van der Waals surface area contributed by atoms with Crippen molar-refractivity contribution in [2.45, 2.75) is 43.9 Å². The van der Waals surface area contributed by atoms with Crippen LogP contribution in [0.15, 0.2) is 48.0 Å². The first-order valence-electron chi connectivity index (χ1n) is 11.9. The summed E-state index contributed by atoms with van der Waals surface area (Å²) in [7, 11) is 1.62. The molecule has 1 N–H and O–H groups in total. The van der Waals surface area contributed by atoms with Gasteiger partial charge in [0, 0.05) is 43.4 Å². The highest BCUT2D eigenvalue weighted by Crippen LogP contribution is 2.53. The van der Waals surface area contributed by atoms with Crippen LogP contribution in [-0.2, 0) is 31.1 Å². The largest absolute Gasteiger partial charge is 0.507 e. The van der Waals surface area contributed by atoms with E-state index in [9.17, 15) is 19.5 Å². The minimum Gasteiger partial charge on any atom is -0.507 e. The lowest BCUT2D eigenvalue weighted by Gasteiger charge is -2.35. The Kier molecular flexibility index (Phi) is 4.79. The molecule has 180 valence electrons. The molecule has 2 amide bonds. The van der Waals surface area contributed by atoms with Gasteiger partial charge in [0.15, 0.2) is 5.54 Å². The summed E-state index contributed by atoms with van der Waals surface area (Å²) in [5.41, 5.74) is 0.422. The topological polar surface area (TPSA) is 96.4 Å². The number of hydrogen-bond donors (Lipinski definition) is 1. The van der Waals surface area contributed by atoms with Gasteiger partial charge >= 0.3 is 0 Å². The Hall–Kier alpha value is -3.65. The summed E-state index contributed by atoms with van der Waals surface area (Å²) in [6.45, 7) is 2.62. The van der Waals surface area contributed by atoms with E-state index in [4.69, 9.17) is 9.47 Å². The molecule has 2 aromatic rings. The standard InChI is InChI=1S/C27H26N2O6/c1-15-12-17-13-16(9-10-21(17)35-15)23(30)22-24(31)25(32)29(14-18-6-5-11-34-18)27(22)19-7-3-4-8-20(19)28(2)26(27)33/h3-4,7-10,13,15,18,30H,5-6,11-12,14H2,1-2H3/b23-22+. The number of nitrogens with zero attached hydrogens (tertiary/aromatic N) is 2. The summed E-state index contributed by atoms with van der Waals surface area (Å²) in [5, 5.41) is 11.6. The molecule has 1 spiro atoms. The van der Waals surface area contributed by atoms with Crippen molar-refractivity contribution in [3.05, 3.63) is 64.7 Å². The van der Waals surface area contributed by atoms with E-state index in [-0.39, 0.29) is 30.1 Å². The second-order valence-electron chi connectivity index (χ2n) is 9.65. The van der Waals surface area contributed by atoms with E-state index < -0.39 is 23.1 Å². The summed E-state index contributed by atoms with van der Waals surface area (Å²) >= 11 is 0. The number of aliphatic hydroxyl groups is 1. The van der Waals surface area contributed by atoms with Crippen molar-refractivity contribution in [3.8, 4) is 5.75 Å². The molecule has 0 bridgehead atoms. The van der Waals surface area contributed by atoms with Crippen molar-refractivity contribution in [2.75, 3.05) is 25.1 Å². The number of carbonyl (C=O) groups is 3. The minimum atomic E-state index is -1.75. The lowest BCUT2D eigenvalue weighted by Crippen LogP contribution is -2.53. The zero-order chi connectivity index (χ0) is 24.5. The molecule has 4 aliphatic heterocycles. The third-order valence-electron chi connectivity index (χ3n) is 7.52. The van der Waals surface area contributed by atoms with E-state index in [0.29, 0.717) is 29.8 Å². The number of carbonyl (C=O) groups excluding carboxylic acids is 3. The van der Waals surface area contributed by atoms with E-state index in [1.54, 1.807) is 49.5 Å². The fourth-order valence-electron chi connectivity index (χ4n) is 5.93. The Morgan fingerprint density at radius 2 is 1.97 bits per heavy atom. The van der Waals surface area contributed by atoms with Crippen LogP contribution in [0.3, 0.4) is 0 Å². The minimum absolute atomic E-state index is 0.00918. The smallest absolute Gasteiger partial charge is 0.296 e. The van der Waals surface area contributed by atoms with Crippen LogP contribution in [0.4, 0.5) is 5.69 Å². The van der Waals surface area contributed by atoms with Gasteiger partial charge in [-0.15, -0.1) is 0 Å². The van der Waals surface area contributed by atoms with Crippen molar-refractivity contribution in [3.63, 3.8) is 0 Å². The summed E-state index contributed by atoms with van der Waals surface area (Å²) in [6.07, 6.45) is 1.97. The van der Waals surface area contributed by atoms with Gasteiger partial charge in [0.1, 0.15) is 17.6 Å². The quantitative estimate of drug-likeness (QED) is 0.418. The number of aliphatic hydroxyl groups excluding tert-OH is 1. The molecule has 0 aliphatic carbocycles. The fourth-order valence-corrected chi connectivity index (χ4v) is 5.93. The second-order valence-corrected chi connectivity index (χ2v) is 9.65. The summed E-state index contributed by atoms with van der Waals surface area (Å²) < 4.78 is 11.5. The first-order chi connectivity index (χ1) is 16.8. The van der Waals surface area contributed by atoms with Gasteiger partial charge in [0.2, 0.25) is 0 Å². The van der Waals surface area contributed by atoms with Crippen molar-refractivity contribution < 1.29 is 29.0 Å². The number of ketones is 1. The van der Waals surface area contributed by atoms with Crippen LogP contribution in [0, 0.1) is 0 Å². The number of ether oxygens (including phenoxy) is 2. The highest BCUT2D eigenvalue weighted by Gasteiger charge is 2.67. The third-order valence-corrected chi connectivity index (χ3v) is 7.52. The Bertz CT molecular complexity index is 1310. The van der Waals surface area contributed by atoms with E-state index >= 15 is 0 Å². The van der Waals surface area contributed by atoms with Crippen molar-refractivity contribution in [2.24, 2.45) is 0 Å². The molecule has 8 nitrogen and oxygen atoms in total. The molecule has 0 aromatic heterocycles. The monoisotopic (exact) mass is 474 g/mol. The van der Waals surface area contributed by atoms with Gasteiger partial charge in [-0.05, 0) is 49.6 Å². The van der Waals surface area contributed by atoms with Crippen LogP contribution in [0.5, 0.6) is 5.75 Å². The van der Waals surface area contributed by atoms with Crippen LogP contribution in [-0.4, -0.2) is 60.0 Å². The van der Waals surface area contributed by atoms with Crippen molar-refractivity contribution in [1.82, 2.24) is 4.90 Å². The normalized spacial score (nSPS) is 28.7. The zero-order valence-corrected chi connectivity index (χ0v) is 19.6. The fraction of sp³-hybridized carbons (Fsp3) is 0.370. The van der Waals surface area contributed by atoms with Crippen LogP contribution in [0.25, 0.3) is 5.76 Å². The number of para-hydroxylation sites is 1. The molecule has 35 heavy (non-hydrogen) atoms. The second kappa shape index (κ2) is 7.68. The first kappa shape index (κ1) is 21.9. The van der Waals surface area contributed by atoms with E-state index in [2.05, 4.69) is 0 Å². The predicted octanol–water partition coefficient (Wildman–Crippen LogP) is 2.74. The average molecular weight is 475 g/mol. The van der Waals surface area contributed by atoms with Gasteiger partial charge < -0.3 is 24.4 Å². The molecule has 4 heterocycles. The van der Waals surface area contributed by atoms with E-state index in [1.807, 2.05) is 6.92 Å². The number of fused-ring (bicyclic) bond motifs is 3. The zero-order valence-electron chi connectivity index (χ0n) is 19.6. The molecule has 3 atom stereocenters. The third kappa shape index (κ3) is 2.92. The molecule has 2 fully saturated rings. The Morgan fingerprint density at radius 3 is 2.74 bits per heavy atom. The maximum Gasteiger partial charge on any atom is 0.296 e. The molecule has 0 saturated carbocycles. The number of rotatable bonds is 3. The number of likely N-dealkylation sites (N-methyl/N-ethyl adjacent to an activating group) is 1. The molecular formula is C27H26N2O6. The molecule has 2 saturated heterocycles. The highest BCUT2D eigenvalue weighted by molar-refractivity contribution is 6.50.